The van der Waals surface area contributed by atoms with Crippen molar-refractivity contribution in [2.75, 3.05) is 6.61 Å². The predicted molar refractivity (Wildman–Crippen MR) is 102 cm³/mol. The molecule has 0 heterocycles. The van der Waals surface area contributed by atoms with Gasteiger partial charge in [-0.05, 0) is 81.0 Å². The standard InChI is InChI=1S/C23H36O3/c1-5-26-23(25)13-12-21(3)16(14-23)6-7-17-19-9-8-18(15(2)24)22(19,4)11-10-20(17)21/h6,17-20,25H,5,7-14H2,1-4H3/t17-,18+,19-,20-,21-,22+,23-/m0/s1. The topological polar surface area (TPSA) is 46.5 Å². The first-order valence-corrected chi connectivity index (χ1v) is 10.8. The van der Waals surface area contributed by atoms with E-state index in [1.807, 2.05) is 6.92 Å². The first-order chi connectivity index (χ1) is 12.2. The quantitative estimate of drug-likeness (QED) is 0.576. The molecule has 0 unspecified atom stereocenters. The average molecular weight is 361 g/mol. The van der Waals surface area contributed by atoms with Crippen molar-refractivity contribution in [2.45, 2.75) is 84.8 Å². The van der Waals surface area contributed by atoms with Crippen molar-refractivity contribution in [1.29, 1.82) is 0 Å². The van der Waals surface area contributed by atoms with Gasteiger partial charge in [-0.1, -0.05) is 25.5 Å². The number of carbonyl (C=O) groups excluding carboxylic acids is 1. The first-order valence-electron chi connectivity index (χ1n) is 10.8. The van der Waals surface area contributed by atoms with Crippen molar-refractivity contribution >= 4 is 5.78 Å². The summed E-state index contributed by atoms with van der Waals surface area (Å²) in [5, 5.41) is 10.8. The van der Waals surface area contributed by atoms with E-state index in [0.717, 1.165) is 25.7 Å². The van der Waals surface area contributed by atoms with Crippen molar-refractivity contribution in [3.63, 3.8) is 0 Å². The number of fused-ring (bicyclic) bond motifs is 5. The van der Waals surface area contributed by atoms with Crippen LogP contribution in [0.25, 0.3) is 0 Å². The number of Topliss-reactive ketones (excluding diaryl/α,β-unsaturated/α-hetero) is 1. The number of hydrogen-bond donors (Lipinski definition) is 1. The van der Waals surface area contributed by atoms with E-state index in [2.05, 4.69) is 19.9 Å². The fourth-order valence-electron chi connectivity index (χ4n) is 7.68. The maximum atomic E-state index is 12.2. The lowest BCUT2D eigenvalue weighted by Gasteiger charge is -2.58. The summed E-state index contributed by atoms with van der Waals surface area (Å²) < 4.78 is 5.70. The van der Waals surface area contributed by atoms with Crippen LogP contribution in [0.5, 0.6) is 0 Å². The summed E-state index contributed by atoms with van der Waals surface area (Å²) in [7, 11) is 0. The molecule has 4 aliphatic rings. The largest absolute Gasteiger partial charge is 0.365 e. The van der Waals surface area contributed by atoms with Crippen molar-refractivity contribution in [2.24, 2.45) is 34.5 Å². The molecular formula is C23H36O3. The molecule has 4 aliphatic carbocycles. The molecule has 0 aromatic carbocycles. The summed E-state index contributed by atoms with van der Waals surface area (Å²) in [6.07, 6.45) is 10.8. The van der Waals surface area contributed by atoms with E-state index in [9.17, 15) is 9.90 Å². The zero-order valence-corrected chi connectivity index (χ0v) is 17.0. The molecule has 1 N–H and O–H groups in total. The van der Waals surface area contributed by atoms with Gasteiger partial charge in [-0.2, -0.15) is 0 Å². The Hall–Kier alpha value is -0.670. The Bertz CT molecular complexity index is 625. The van der Waals surface area contributed by atoms with Gasteiger partial charge in [0.15, 0.2) is 5.79 Å². The fraction of sp³-hybridized carbons (Fsp3) is 0.870. The van der Waals surface area contributed by atoms with Crippen molar-refractivity contribution in [1.82, 2.24) is 0 Å². The molecule has 26 heavy (non-hydrogen) atoms. The Morgan fingerprint density at radius 1 is 1.19 bits per heavy atom. The minimum Gasteiger partial charge on any atom is -0.365 e. The third-order valence-electron chi connectivity index (χ3n) is 9.03. The zero-order valence-electron chi connectivity index (χ0n) is 17.0. The van der Waals surface area contributed by atoms with Crippen LogP contribution in [0.15, 0.2) is 11.6 Å². The van der Waals surface area contributed by atoms with E-state index in [-0.39, 0.29) is 16.7 Å². The maximum Gasteiger partial charge on any atom is 0.169 e. The molecule has 4 rings (SSSR count). The second-order valence-corrected chi connectivity index (χ2v) is 10.1. The van der Waals surface area contributed by atoms with Crippen LogP contribution in [-0.4, -0.2) is 23.3 Å². The smallest absolute Gasteiger partial charge is 0.169 e. The second kappa shape index (κ2) is 6.17. The third kappa shape index (κ3) is 2.57. The Kier molecular flexibility index (Phi) is 4.43. The van der Waals surface area contributed by atoms with Crippen LogP contribution in [0.4, 0.5) is 0 Å². The lowest BCUT2D eigenvalue weighted by Crippen LogP contribution is -2.53. The molecule has 7 atom stereocenters. The third-order valence-corrected chi connectivity index (χ3v) is 9.03. The van der Waals surface area contributed by atoms with Gasteiger partial charge in [-0.25, -0.2) is 0 Å². The minimum absolute atomic E-state index is 0.210. The zero-order chi connectivity index (χ0) is 18.7. The summed E-state index contributed by atoms with van der Waals surface area (Å²) in [5.74, 6) is 1.84. The first kappa shape index (κ1) is 18.7. The Balaban J connectivity index is 1.62. The van der Waals surface area contributed by atoms with Gasteiger partial charge in [0.2, 0.25) is 0 Å². The number of ketones is 1. The lowest BCUT2D eigenvalue weighted by molar-refractivity contribution is -0.222. The van der Waals surface area contributed by atoms with Crippen LogP contribution < -0.4 is 0 Å². The number of rotatable bonds is 3. The fourth-order valence-corrected chi connectivity index (χ4v) is 7.68. The molecule has 146 valence electrons. The SMILES string of the molecule is CCO[C@@]1(O)CC[C@@]2(C)C(=CC[C@H]3[C@@H]4CC[C@H](C(C)=O)[C@@]4(C)CC[C@@H]32)C1. The van der Waals surface area contributed by atoms with Gasteiger partial charge in [0, 0.05) is 25.4 Å². The molecule has 0 bridgehead atoms. The number of aliphatic hydroxyl groups is 1. The van der Waals surface area contributed by atoms with Gasteiger partial charge >= 0.3 is 0 Å². The van der Waals surface area contributed by atoms with E-state index < -0.39 is 5.79 Å². The Morgan fingerprint density at radius 3 is 2.65 bits per heavy atom. The summed E-state index contributed by atoms with van der Waals surface area (Å²) in [5.41, 5.74) is 1.86. The van der Waals surface area contributed by atoms with Gasteiger partial charge in [-0.3, -0.25) is 4.79 Å². The molecule has 0 amide bonds. The number of hydrogen-bond acceptors (Lipinski definition) is 3. The molecule has 3 heteroatoms. The van der Waals surface area contributed by atoms with Gasteiger partial charge in [-0.15, -0.1) is 0 Å². The Morgan fingerprint density at radius 2 is 1.96 bits per heavy atom. The van der Waals surface area contributed by atoms with Crippen LogP contribution >= 0.6 is 0 Å². The predicted octanol–water partition coefficient (Wildman–Crippen LogP) is 4.88. The minimum atomic E-state index is -0.955. The normalized spacial score (nSPS) is 50.4. The Labute approximate surface area is 158 Å². The van der Waals surface area contributed by atoms with E-state index in [1.165, 1.54) is 24.8 Å². The van der Waals surface area contributed by atoms with Gasteiger partial charge < -0.3 is 9.84 Å². The van der Waals surface area contributed by atoms with Gasteiger partial charge in [0.1, 0.15) is 5.78 Å². The van der Waals surface area contributed by atoms with Crippen molar-refractivity contribution in [3.05, 3.63) is 11.6 Å². The van der Waals surface area contributed by atoms with Crippen LogP contribution in [0, 0.1) is 34.5 Å². The van der Waals surface area contributed by atoms with Crippen LogP contribution in [0.2, 0.25) is 0 Å². The van der Waals surface area contributed by atoms with Crippen LogP contribution in [0.1, 0.15) is 79.1 Å². The molecule has 0 saturated heterocycles. The van der Waals surface area contributed by atoms with Crippen molar-refractivity contribution in [3.8, 4) is 0 Å². The molecular weight excluding hydrogens is 324 g/mol. The maximum absolute atomic E-state index is 12.2. The second-order valence-electron chi connectivity index (χ2n) is 10.1. The summed E-state index contributed by atoms with van der Waals surface area (Å²) >= 11 is 0. The molecule has 0 aromatic heterocycles. The highest BCUT2D eigenvalue weighted by molar-refractivity contribution is 5.79. The highest BCUT2D eigenvalue weighted by Gasteiger charge is 2.60. The molecule has 0 spiro atoms. The van der Waals surface area contributed by atoms with E-state index in [0.29, 0.717) is 36.6 Å². The number of carbonyl (C=O) groups is 1. The molecule has 0 aliphatic heterocycles. The highest BCUT2D eigenvalue weighted by atomic mass is 16.6. The molecule has 3 nitrogen and oxygen atoms in total. The molecule has 3 fully saturated rings. The molecule has 3 saturated carbocycles. The highest BCUT2D eigenvalue weighted by Crippen LogP contribution is 2.66. The molecule has 0 aromatic rings. The summed E-state index contributed by atoms with van der Waals surface area (Å²) in [6, 6.07) is 0. The summed E-state index contributed by atoms with van der Waals surface area (Å²) in [6.45, 7) is 9.19. The van der Waals surface area contributed by atoms with Crippen LogP contribution in [-0.2, 0) is 9.53 Å². The van der Waals surface area contributed by atoms with E-state index >= 15 is 0 Å². The number of allylic oxidation sites excluding steroid dienone is 1. The average Bonchev–Trinajstić information content (AvgIpc) is 2.93. The van der Waals surface area contributed by atoms with Gasteiger partial charge in [0.25, 0.3) is 0 Å². The monoisotopic (exact) mass is 360 g/mol. The summed E-state index contributed by atoms with van der Waals surface area (Å²) in [4.78, 5) is 12.2. The van der Waals surface area contributed by atoms with Gasteiger partial charge in [0.05, 0.1) is 0 Å². The molecule has 0 radical (unpaired) electrons. The van der Waals surface area contributed by atoms with E-state index in [4.69, 9.17) is 4.74 Å². The van der Waals surface area contributed by atoms with Crippen LogP contribution in [0.3, 0.4) is 0 Å². The number of ether oxygens (including phenoxy) is 1. The van der Waals surface area contributed by atoms with E-state index in [1.54, 1.807) is 6.92 Å². The lowest BCUT2D eigenvalue weighted by atomic mass is 9.47. The van der Waals surface area contributed by atoms with Crippen molar-refractivity contribution < 1.29 is 14.6 Å².